The molecule has 1 rings (SSSR count). The number of Topliss-reactive ketones (excluding diaryl/α,β-unsaturated/α-hetero) is 1. The van der Waals surface area contributed by atoms with Gasteiger partial charge in [0.1, 0.15) is 11.6 Å². The summed E-state index contributed by atoms with van der Waals surface area (Å²) in [5.41, 5.74) is 5.62. The minimum atomic E-state index is -0.324. The van der Waals surface area contributed by atoms with Crippen LogP contribution in [0.5, 0.6) is 0 Å². The fourth-order valence-corrected chi connectivity index (χ4v) is 1.64. The largest absolute Gasteiger partial charge is 0.401 e. The lowest BCUT2D eigenvalue weighted by Gasteiger charge is -1.99. The monoisotopic (exact) mass is 238 g/mol. The molecule has 0 aromatic carbocycles. The molecule has 0 aliphatic carbocycles. The summed E-state index contributed by atoms with van der Waals surface area (Å²) >= 11 is 1.16. The minimum absolute atomic E-state index is 0.0115. The van der Waals surface area contributed by atoms with Crippen LogP contribution < -0.4 is 5.73 Å². The number of aryl methyl sites for hydroxylation is 1. The van der Waals surface area contributed by atoms with E-state index in [1.807, 2.05) is 0 Å². The van der Waals surface area contributed by atoms with Crippen molar-refractivity contribution in [1.29, 1.82) is 5.26 Å². The second-order valence-electron chi connectivity index (χ2n) is 2.97. The van der Waals surface area contributed by atoms with Crippen molar-refractivity contribution < 1.29 is 4.79 Å². The summed E-state index contributed by atoms with van der Waals surface area (Å²) in [5, 5.41) is 20.0. The summed E-state index contributed by atoms with van der Waals surface area (Å²) in [4.78, 5) is 11.6. The van der Waals surface area contributed by atoms with Crippen molar-refractivity contribution in [3.63, 3.8) is 0 Å². The third-order valence-corrected chi connectivity index (χ3v) is 2.71. The molecule has 0 fully saturated rings. The van der Waals surface area contributed by atoms with Gasteiger partial charge in [-0.15, -0.1) is 5.10 Å². The molecule has 0 saturated heterocycles. The first-order valence-corrected chi connectivity index (χ1v) is 5.29. The van der Waals surface area contributed by atoms with E-state index in [9.17, 15) is 4.79 Å². The van der Waals surface area contributed by atoms with Crippen molar-refractivity contribution in [3.8, 4) is 6.07 Å². The zero-order valence-corrected chi connectivity index (χ0v) is 9.65. The molecule has 1 aromatic heterocycles. The minimum Gasteiger partial charge on any atom is -0.401 e. The van der Waals surface area contributed by atoms with Crippen LogP contribution in [-0.2, 0) is 11.8 Å². The third kappa shape index (κ3) is 2.80. The van der Waals surface area contributed by atoms with Crippen LogP contribution in [-0.4, -0.2) is 31.7 Å². The first-order valence-electron chi connectivity index (χ1n) is 4.31. The average molecular weight is 238 g/mol. The Kier molecular flexibility index (Phi) is 4.02. The Morgan fingerprint density at radius 1 is 1.69 bits per heavy atom. The smallest absolute Gasteiger partial charge is 0.209 e. The molecule has 0 atom stereocenters. The third-order valence-electron chi connectivity index (χ3n) is 1.70. The fourth-order valence-electron chi connectivity index (χ4n) is 0.916. The molecule has 0 radical (unpaired) electrons. The van der Waals surface area contributed by atoms with E-state index >= 15 is 0 Å². The average Bonchev–Trinajstić information content (AvgIpc) is 2.61. The molecule has 0 spiro atoms. The molecule has 0 bridgehead atoms. The van der Waals surface area contributed by atoms with Gasteiger partial charge < -0.3 is 5.73 Å². The highest BCUT2D eigenvalue weighted by Gasteiger charge is 2.13. The molecular weight excluding hydrogens is 228 g/mol. The number of rotatable bonds is 4. The van der Waals surface area contributed by atoms with Gasteiger partial charge >= 0.3 is 0 Å². The van der Waals surface area contributed by atoms with Gasteiger partial charge in [0, 0.05) is 12.7 Å². The summed E-state index contributed by atoms with van der Waals surface area (Å²) in [6.45, 7) is 1.52. The summed E-state index contributed by atoms with van der Waals surface area (Å²) in [7, 11) is 1.67. The van der Waals surface area contributed by atoms with E-state index in [-0.39, 0.29) is 22.8 Å². The molecule has 0 amide bonds. The second kappa shape index (κ2) is 5.27. The predicted molar refractivity (Wildman–Crippen MR) is 57.0 cm³/mol. The van der Waals surface area contributed by atoms with Crippen LogP contribution in [0.15, 0.2) is 16.4 Å². The van der Waals surface area contributed by atoms with Crippen molar-refractivity contribution in [2.75, 3.05) is 5.75 Å². The van der Waals surface area contributed by atoms with Crippen LogP contribution in [0.1, 0.15) is 6.92 Å². The molecule has 1 heterocycles. The number of nitrogens with zero attached hydrogens (tertiary/aromatic N) is 5. The van der Waals surface area contributed by atoms with E-state index in [0.29, 0.717) is 5.16 Å². The molecule has 0 unspecified atom stereocenters. The number of nitriles is 1. The van der Waals surface area contributed by atoms with E-state index in [2.05, 4.69) is 15.5 Å². The number of carbonyl (C=O) groups is 1. The summed E-state index contributed by atoms with van der Waals surface area (Å²) in [6, 6.07) is 1.78. The van der Waals surface area contributed by atoms with Crippen LogP contribution in [0, 0.1) is 11.3 Å². The lowest BCUT2D eigenvalue weighted by molar-refractivity contribution is -0.112. The molecule has 0 aliphatic rings. The Balaban J connectivity index is 2.65. The van der Waals surface area contributed by atoms with Crippen LogP contribution >= 0.6 is 11.8 Å². The number of hydrogen-bond acceptors (Lipinski definition) is 7. The predicted octanol–water partition coefficient (Wildman–Crippen LogP) is -0.372. The highest BCUT2D eigenvalue weighted by molar-refractivity contribution is 7.99. The number of allylic oxidation sites excluding steroid dienone is 2. The Morgan fingerprint density at radius 3 is 2.81 bits per heavy atom. The second-order valence-corrected chi connectivity index (χ2v) is 3.91. The Morgan fingerprint density at radius 2 is 2.38 bits per heavy atom. The first-order chi connectivity index (χ1) is 7.56. The van der Waals surface area contributed by atoms with Crippen molar-refractivity contribution in [2.45, 2.75) is 12.1 Å². The van der Waals surface area contributed by atoms with Gasteiger partial charge in [-0.2, -0.15) is 5.26 Å². The highest BCUT2D eigenvalue weighted by atomic mass is 32.2. The summed E-state index contributed by atoms with van der Waals surface area (Å²) < 4.78 is 1.45. The lowest BCUT2D eigenvalue weighted by atomic mass is 10.2. The van der Waals surface area contributed by atoms with Crippen LogP contribution in [0.3, 0.4) is 0 Å². The van der Waals surface area contributed by atoms with Gasteiger partial charge in [0.15, 0.2) is 5.78 Å². The standard InChI is InChI=1S/C8H10N6OS/c1-5(10)6(3-9)7(15)4-16-8-11-12-13-14(8)2/h4,10H2,1-2H3/b6-5+. The first kappa shape index (κ1) is 12.2. The van der Waals surface area contributed by atoms with Crippen molar-refractivity contribution in [3.05, 3.63) is 11.3 Å². The van der Waals surface area contributed by atoms with Crippen molar-refractivity contribution in [2.24, 2.45) is 12.8 Å². The quantitative estimate of drug-likeness (QED) is 0.432. The summed E-state index contributed by atoms with van der Waals surface area (Å²) in [5.74, 6) is -0.235. The van der Waals surface area contributed by atoms with Crippen LogP contribution in [0.4, 0.5) is 0 Å². The number of ketones is 1. The van der Waals surface area contributed by atoms with E-state index < -0.39 is 0 Å². The molecule has 2 N–H and O–H groups in total. The number of thioether (sulfide) groups is 1. The number of hydrogen-bond donors (Lipinski definition) is 1. The maximum Gasteiger partial charge on any atom is 0.209 e. The Labute approximate surface area is 96.3 Å². The van der Waals surface area contributed by atoms with E-state index in [0.717, 1.165) is 11.8 Å². The molecule has 16 heavy (non-hydrogen) atoms. The van der Waals surface area contributed by atoms with E-state index in [4.69, 9.17) is 11.0 Å². The molecule has 84 valence electrons. The van der Waals surface area contributed by atoms with Crippen LogP contribution in [0.2, 0.25) is 0 Å². The molecular formula is C8H10N6OS. The van der Waals surface area contributed by atoms with E-state index in [1.165, 1.54) is 11.6 Å². The van der Waals surface area contributed by atoms with Gasteiger partial charge in [-0.25, -0.2) is 4.68 Å². The maximum absolute atomic E-state index is 11.6. The SMILES string of the molecule is C/C(N)=C(/C#N)C(=O)CSc1nnnn1C. The number of tetrazole rings is 1. The molecule has 1 aromatic rings. The lowest BCUT2D eigenvalue weighted by Crippen LogP contribution is -2.10. The number of aromatic nitrogens is 4. The zero-order valence-electron chi connectivity index (χ0n) is 8.84. The topological polar surface area (TPSA) is 110 Å². The van der Waals surface area contributed by atoms with Gasteiger partial charge in [-0.05, 0) is 17.4 Å². The number of nitrogens with two attached hydrogens (primary N) is 1. The highest BCUT2D eigenvalue weighted by Crippen LogP contribution is 2.14. The van der Waals surface area contributed by atoms with Crippen molar-refractivity contribution in [1.82, 2.24) is 20.2 Å². The van der Waals surface area contributed by atoms with E-state index in [1.54, 1.807) is 13.1 Å². The Hall–Kier alpha value is -1.88. The molecule has 0 aliphatic heterocycles. The normalized spacial score (nSPS) is 11.8. The number of carbonyl (C=O) groups excluding carboxylic acids is 1. The van der Waals surface area contributed by atoms with Gasteiger partial charge in [-0.1, -0.05) is 11.8 Å². The zero-order chi connectivity index (χ0) is 12.1. The Bertz CT molecular complexity index is 467. The fraction of sp³-hybridized carbons (Fsp3) is 0.375. The molecule has 8 heteroatoms. The molecule has 0 saturated carbocycles. The van der Waals surface area contributed by atoms with Gasteiger partial charge in [-0.3, -0.25) is 4.79 Å². The van der Waals surface area contributed by atoms with Crippen LogP contribution in [0.25, 0.3) is 0 Å². The summed E-state index contributed by atoms with van der Waals surface area (Å²) in [6.07, 6.45) is 0. The van der Waals surface area contributed by atoms with Gasteiger partial charge in [0.05, 0.1) is 5.75 Å². The van der Waals surface area contributed by atoms with Gasteiger partial charge in [0.2, 0.25) is 5.16 Å². The van der Waals surface area contributed by atoms with Gasteiger partial charge in [0.25, 0.3) is 0 Å². The maximum atomic E-state index is 11.6. The van der Waals surface area contributed by atoms with Crippen molar-refractivity contribution >= 4 is 17.5 Å². The molecule has 7 nitrogen and oxygen atoms in total.